The van der Waals surface area contributed by atoms with Crippen molar-refractivity contribution >= 4 is 60.8 Å². The van der Waals surface area contributed by atoms with E-state index in [2.05, 4.69) is 6.92 Å². The van der Waals surface area contributed by atoms with E-state index in [1.54, 1.807) is 13.8 Å². The summed E-state index contributed by atoms with van der Waals surface area (Å²) in [7, 11) is 0. The van der Waals surface area contributed by atoms with E-state index in [-0.39, 0.29) is 58.2 Å². The molecule has 0 atom stereocenters. The Morgan fingerprint density at radius 2 is 1.35 bits per heavy atom. The molecule has 0 aromatic rings. The van der Waals surface area contributed by atoms with Gasteiger partial charge in [-0.05, 0) is 12.3 Å². The second kappa shape index (κ2) is 12.1. The van der Waals surface area contributed by atoms with E-state index in [1.165, 1.54) is 19.3 Å². The molecule has 0 saturated carbocycles. The van der Waals surface area contributed by atoms with Crippen LogP contribution in [0.1, 0.15) is 75.0 Å². The van der Waals surface area contributed by atoms with Gasteiger partial charge in [-0.1, -0.05) is 65.7 Å². The fraction of sp³-hybridized carbons (Fsp3) is 0.867. The molecule has 0 aliphatic heterocycles. The summed E-state index contributed by atoms with van der Waals surface area (Å²) in [6, 6.07) is 0. The Kier molecular flexibility index (Phi) is 13.8. The first-order valence-electron chi connectivity index (χ1n) is 7.36. The molecule has 0 unspecified atom stereocenters. The van der Waals surface area contributed by atoms with Crippen LogP contribution in [0.5, 0.6) is 0 Å². The molecule has 0 rings (SSSR count). The first-order chi connectivity index (χ1) is 8.89. The van der Waals surface area contributed by atoms with Gasteiger partial charge in [-0.15, -0.1) is 0 Å². The summed E-state index contributed by atoms with van der Waals surface area (Å²) in [5.41, 5.74) is -1.62. The van der Waals surface area contributed by atoms with E-state index in [9.17, 15) is 19.8 Å². The summed E-state index contributed by atoms with van der Waals surface area (Å²) in [5, 5.41) is 18.5. The summed E-state index contributed by atoms with van der Waals surface area (Å²) >= 11 is 0. The molecule has 5 heteroatoms. The van der Waals surface area contributed by atoms with Gasteiger partial charge in [-0.25, -0.2) is 0 Å². The predicted molar refractivity (Wildman–Crippen MR) is 83.1 cm³/mol. The zero-order valence-electron chi connectivity index (χ0n) is 15.2. The Morgan fingerprint density at radius 3 is 1.70 bits per heavy atom. The number of hydrogen-bond acceptors (Lipinski definition) is 2. The van der Waals surface area contributed by atoms with Gasteiger partial charge in [0.2, 0.25) is 0 Å². The predicted octanol–water partition coefficient (Wildman–Crippen LogP) is 3.78. The maximum atomic E-state index is 11.3. The molecular weight excluding hydrogens is 381 g/mol. The second-order valence-electron chi connectivity index (χ2n) is 5.61. The van der Waals surface area contributed by atoms with Crippen molar-refractivity contribution in [1.82, 2.24) is 0 Å². The van der Waals surface area contributed by atoms with Crippen LogP contribution in [-0.4, -0.2) is 71.0 Å². The minimum atomic E-state index is -1.62. The molecule has 116 valence electrons. The molecule has 0 fully saturated rings. The third-order valence-corrected chi connectivity index (χ3v) is 3.92. The smallest absolute Gasteiger partial charge is 1.00 e. The molecule has 0 aromatic carbocycles. The van der Waals surface area contributed by atoms with Gasteiger partial charge in [0.15, 0.2) is 5.41 Å². The van der Waals surface area contributed by atoms with Crippen LogP contribution in [-0.2, 0) is 9.59 Å². The van der Waals surface area contributed by atoms with Crippen LogP contribution in [0.15, 0.2) is 0 Å². The Labute approximate surface area is 165 Å². The minimum Gasteiger partial charge on any atom is -1.00 e. The summed E-state index contributed by atoms with van der Waals surface area (Å²) in [5.74, 6) is -2.82. The molecule has 0 amide bonds. The fourth-order valence-electron chi connectivity index (χ4n) is 2.45. The quantitative estimate of drug-likeness (QED) is 0.308. The summed E-state index contributed by atoms with van der Waals surface area (Å²) in [6.45, 7) is 5.50. The van der Waals surface area contributed by atoms with Crippen molar-refractivity contribution in [3.05, 3.63) is 0 Å². The molecule has 20 heavy (non-hydrogen) atoms. The standard InChI is InChI=1S/C15H28O4.Ba.2H/c1-4-5-6-7-8-9-10-11-15(12(2)3,13(16)17)14(18)19;;;/h12H,4-11H2,1-3H3,(H,16,17)(H,18,19);;;/q;+2;2*-1. The van der Waals surface area contributed by atoms with Crippen molar-refractivity contribution in [2.45, 2.75) is 72.1 Å². The molecule has 0 aliphatic carbocycles. The first-order valence-corrected chi connectivity index (χ1v) is 7.36. The number of unbranched alkanes of at least 4 members (excludes halogenated alkanes) is 6. The number of rotatable bonds is 11. The second-order valence-corrected chi connectivity index (χ2v) is 5.61. The average Bonchev–Trinajstić information content (AvgIpc) is 2.31. The van der Waals surface area contributed by atoms with Crippen LogP contribution < -0.4 is 0 Å². The van der Waals surface area contributed by atoms with E-state index in [1.807, 2.05) is 0 Å². The zero-order valence-corrected chi connectivity index (χ0v) is 17.6. The molecule has 0 heterocycles. The van der Waals surface area contributed by atoms with Crippen LogP contribution in [0.4, 0.5) is 0 Å². The number of hydrogen-bond donors (Lipinski definition) is 2. The average molecular weight is 412 g/mol. The normalized spacial score (nSPS) is 11.2. The topological polar surface area (TPSA) is 74.6 Å². The molecule has 4 nitrogen and oxygen atoms in total. The zero-order chi connectivity index (χ0) is 14.9. The van der Waals surface area contributed by atoms with Gasteiger partial charge in [0.1, 0.15) is 0 Å². The summed E-state index contributed by atoms with van der Waals surface area (Å²) < 4.78 is 0. The number of carboxylic acid groups (broad SMARTS) is 2. The van der Waals surface area contributed by atoms with Crippen molar-refractivity contribution in [3.8, 4) is 0 Å². The summed E-state index contributed by atoms with van der Waals surface area (Å²) in [6.07, 6.45) is 7.68. The molecule has 0 aromatic heterocycles. The van der Waals surface area contributed by atoms with Gasteiger partial charge in [0.05, 0.1) is 0 Å². The molecular formula is C15H30BaO4. The van der Waals surface area contributed by atoms with Gasteiger partial charge < -0.3 is 13.1 Å². The third-order valence-electron chi connectivity index (χ3n) is 3.92. The van der Waals surface area contributed by atoms with E-state index in [0.29, 0.717) is 6.42 Å². The SMILES string of the molecule is CCCCCCCCCC(C(=O)O)(C(=O)O)C(C)C.[Ba+2].[H-].[H-]. The van der Waals surface area contributed by atoms with E-state index < -0.39 is 23.3 Å². The van der Waals surface area contributed by atoms with Crippen LogP contribution >= 0.6 is 0 Å². The fourth-order valence-corrected chi connectivity index (χ4v) is 2.45. The van der Waals surface area contributed by atoms with Crippen molar-refractivity contribution < 1.29 is 22.7 Å². The van der Waals surface area contributed by atoms with Gasteiger partial charge in [0.25, 0.3) is 0 Å². The monoisotopic (exact) mass is 412 g/mol. The van der Waals surface area contributed by atoms with E-state index in [0.717, 1.165) is 19.3 Å². The van der Waals surface area contributed by atoms with Crippen LogP contribution in [0.3, 0.4) is 0 Å². The molecule has 0 saturated heterocycles. The maximum absolute atomic E-state index is 11.3. The van der Waals surface area contributed by atoms with Gasteiger partial charge in [-0.3, -0.25) is 9.59 Å². The van der Waals surface area contributed by atoms with E-state index >= 15 is 0 Å². The van der Waals surface area contributed by atoms with Crippen molar-refractivity contribution in [1.29, 1.82) is 0 Å². The molecule has 0 aliphatic rings. The Bertz CT molecular complexity index is 285. The number of aliphatic carboxylic acids is 2. The molecule has 0 spiro atoms. The van der Waals surface area contributed by atoms with Gasteiger partial charge in [-0.2, -0.15) is 0 Å². The minimum absolute atomic E-state index is 0. The van der Waals surface area contributed by atoms with Crippen LogP contribution in [0.2, 0.25) is 0 Å². The van der Waals surface area contributed by atoms with Crippen molar-refractivity contribution in [2.24, 2.45) is 11.3 Å². The Hall–Kier alpha value is 0.511. The molecule has 2 N–H and O–H groups in total. The van der Waals surface area contributed by atoms with Crippen molar-refractivity contribution in [3.63, 3.8) is 0 Å². The third kappa shape index (κ3) is 6.98. The van der Waals surface area contributed by atoms with Crippen LogP contribution in [0, 0.1) is 11.3 Å². The van der Waals surface area contributed by atoms with Gasteiger partial charge >= 0.3 is 60.8 Å². The maximum Gasteiger partial charge on any atom is 2.00 e. The van der Waals surface area contributed by atoms with E-state index in [4.69, 9.17) is 0 Å². The Balaban J connectivity index is -0.000000540. The largest absolute Gasteiger partial charge is 2.00 e. The number of carboxylic acids is 2. The molecule has 0 radical (unpaired) electrons. The number of carbonyl (C=O) groups is 2. The Morgan fingerprint density at radius 1 is 0.950 bits per heavy atom. The van der Waals surface area contributed by atoms with Gasteiger partial charge in [0, 0.05) is 0 Å². The van der Waals surface area contributed by atoms with Crippen molar-refractivity contribution in [2.75, 3.05) is 0 Å². The molecule has 0 bridgehead atoms. The first kappa shape index (κ1) is 22.8. The summed E-state index contributed by atoms with van der Waals surface area (Å²) in [4.78, 5) is 22.7. The van der Waals surface area contributed by atoms with Crippen LogP contribution in [0.25, 0.3) is 0 Å².